The summed E-state index contributed by atoms with van der Waals surface area (Å²) in [6.45, 7) is 8.88. The van der Waals surface area contributed by atoms with E-state index in [2.05, 4.69) is 62.3 Å². The molecule has 1 saturated carbocycles. The van der Waals surface area contributed by atoms with Crippen molar-refractivity contribution in [3.63, 3.8) is 0 Å². The third-order valence-corrected chi connectivity index (χ3v) is 6.73. The molecule has 3 aromatic rings. The molecule has 0 bridgehead atoms. The molecule has 2 aliphatic rings. The summed E-state index contributed by atoms with van der Waals surface area (Å²) in [5.41, 5.74) is 6.53. The number of imidazole rings is 1. The Morgan fingerprint density at radius 2 is 1.87 bits per heavy atom. The van der Waals surface area contributed by atoms with Gasteiger partial charge >= 0.3 is 6.03 Å². The third-order valence-electron chi connectivity index (χ3n) is 6.73. The van der Waals surface area contributed by atoms with E-state index >= 15 is 0 Å². The molecular formula is C26H32N4O. The molecule has 1 aliphatic heterocycles. The van der Waals surface area contributed by atoms with Crippen LogP contribution in [0.5, 0.6) is 0 Å². The SMILES string of the molecule is CC(C)CCc1cccc2[nH]c(Cc3cccc4c3C(C)(C)N(C3CC3)C(=O)N4)nc12. The summed E-state index contributed by atoms with van der Waals surface area (Å²) in [5, 5.41) is 3.13. The van der Waals surface area contributed by atoms with Gasteiger partial charge in [-0.1, -0.05) is 38.1 Å². The minimum Gasteiger partial charge on any atom is -0.342 e. The van der Waals surface area contributed by atoms with E-state index in [4.69, 9.17) is 4.98 Å². The lowest BCUT2D eigenvalue weighted by Crippen LogP contribution is -2.53. The summed E-state index contributed by atoms with van der Waals surface area (Å²) in [5.74, 6) is 1.66. The third kappa shape index (κ3) is 3.60. The molecule has 1 fully saturated rings. The lowest BCUT2D eigenvalue weighted by Gasteiger charge is -2.45. The molecule has 31 heavy (non-hydrogen) atoms. The number of carbonyl (C=O) groups excluding carboxylic acids is 1. The number of H-pyrrole nitrogens is 1. The summed E-state index contributed by atoms with van der Waals surface area (Å²) >= 11 is 0. The van der Waals surface area contributed by atoms with Gasteiger partial charge in [-0.3, -0.25) is 0 Å². The molecule has 2 heterocycles. The Kier molecular flexibility index (Phi) is 4.80. The van der Waals surface area contributed by atoms with Gasteiger partial charge in [0, 0.05) is 23.7 Å². The minimum atomic E-state index is -0.343. The van der Waals surface area contributed by atoms with Crippen LogP contribution in [-0.4, -0.2) is 26.9 Å². The zero-order valence-electron chi connectivity index (χ0n) is 19.0. The first-order valence-corrected chi connectivity index (χ1v) is 11.5. The lowest BCUT2D eigenvalue weighted by atomic mass is 9.84. The number of hydrogen-bond acceptors (Lipinski definition) is 2. The van der Waals surface area contributed by atoms with Crippen LogP contribution >= 0.6 is 0 Å². The van der Waals surface area contributed by atoms with Crippen molar-refractivity contribution in [3.05, 3.63) is 58.9 Å². The first kappa shape index (κ1) is 20.1. The number of anilines is 1. The van der Waals surface area contributed by atoms with Gasteiger partial charge in [0.15, 0.2) is 0 Å². The second-order valence-electron chi connectivity index (χ2n) is 10.0. The minimum absolute atomic E-state index is 0.0238. The number of aryl methyl sites for hydroxylation is 1. The fraction of sp³-hybridized carbons (Fsp3) is 0.462. The van der Waals surface area contributed by atoms with Gasteiger partial charge in [-0.15, -0.1) is 0 Å². The number of hydrogen-bond donors (Lipinski definition) is 2. The van der Waals surface area contributed by atoms with Crippen molar-refractivity contribution in [1.82, 2.24) is 14.9 Å². The van der Waals surface area contributed by atoms with Gasteiger partial charge in [-0.2, -0.15) is 0 Å². The quantitative estimate of drug-likeness (QED) is 0.519. The number of aromatic nitrogens is 2. The Labute approximate surface area is 184 Å². The maximum Gasteiger partial charge on any atom is 0.322 e. The summed E-state index contributed by atoms with van der Waals surface area (Å²) in [7, 11) is 0. The highest BCUT2D eigenvalue weighted by atomic mass is 16.2. The van der Waals surface area contributed by atoms with E-state index in [0.717, 1.165) is 48.2 Å². The molecule has 1 aliphatic carbocycles. The molecule has 2 aromatic carbocycles. The molecule has 1 aromatic heterocycles. The smallest absolute Gasteiger partial charge is 0.322 e. The van der Waals surface area contributed by atoms with Crippen LogP contribution in [-0.2, 0) is 18.4 Å². The van der Waals surface area contributed by atoms with Crippen molar-refractivity contribution >= 4 is 22.8 Å². The molecule has 0 saturated heterocycles. The molecule has 2 amide bonds. The van der Waals surface area contributed by atoms with Crippen LogP contribution < -0.4 is 5.32 Å². The van der Waals surface area contributed by atoms with Crippen LogP contribution in [0.4, 0.5) is 10.5 Å². The fourth-order valence-electron chi connectivity index (χ4n) is 5.13. The molecule has 2 N–H and O–H groups in total. The highest BCUT2D eigenvalue weighted by Crippen LogP contribution is 2.45. The van der Waals surface area contributed by atoms with Crippen molar-refractivity contribution in [2.75, 3.05) is 5.32 Å². The number of nitrogens with zero attached hydrogens (tertiary/aromatic N) is 2. The summed E-state index contributed by atoms with van der Waals surface area (Å²) in [4.78, 5) is 23.4. The van der Waals surface area contributed by atoms with E-state index in [1.54, 1.807) is 0 Å². The fourth-order valence-corrected chi connectivity index (χ4v) is 5.13. The number of para-hydroxylation sites is 1. The number of aromatic amines is 1. The molecule has 0 spiro atoms. The van der Waals surface area contributed by atoms with Gasteiger partial charge in [0.1, 0.15) is 5.82 Å². The number of urea groups is 1. The van der Waals surface area contributed by atoms with Crippen LogP contribution in [0.3, 0.4) is 0 Å². The number of benzene rings is 2. The lowest BCUT2D eigenvalue weighted by molar-refractivity contribution is 0.134. The van der Waals surface area contributed by atoms with Gasteiger partial charge in [0.05, 0.1) is 16.6 Å². The average Bonchev–Trinajstić information content (AvgIpc) is 3.43. The van der Waals surface area contributed by atoms with Crippen LogP contribution in [0, 0.1) is 5.92 Å². The van der Waals surface area contributed by atoms with Crippen molar-refractivity contribution < 1.29 is 4.79 Å². The van der Waals surface area contributed by atoms with Crippen LogP contribution in [0.15, 0.2) is 36.4 Å². The van der Waals surface area contributed by atoms with E-state index in [9.17, 15) is 4.79 Å². The van der Waals surface area contributed by atoms with Crippen LogP contribution in [0.2, 0.25) is 0 Å². The monoisotopic (exact) mass is 416 g/mol. The average molecular weight is 417 g/mol. The molecule has 0 unspecified atom stereocenters. The topological polar surface area (TPSA) is 61.0 Å². The summed E-state index contributed by atoms with van der Waals surface area (Å²) in [6.07, 6.45) is 5.13. The second-order valence-corrected chi connectivity index (χ2v) is 10.0. The number of carbonyl (C=O) groups is 1. The molecule has 5 heteroatoms. The zero-order valence-corrected chi connectivity index (χ0v) is 19.0. The van der Waals surface area contributed by atoms with E-state index in [-0.39, 0.29) is 11.6 Å². The van der Waals surface area contributed by atoms with Gasteiger partial charge in [0.2, 0.25) is 0 Å². The highest BCUT2D eigenvalue weighted by Gasteiger charge is 2.47. The molecule has 0 radical (unpaired) electrons. The standard InChI is InChI=1S/C26H32N4O/c1-16(2)11-12-17-7-5-10-21-24(17)29-22(27-21)15-18-8-6-9-20-23(18)26(3,4)30(19-13-14-19)25(31)28-20/h5-10,16,19H,11-15H2,1-4H3,(H,27,29)(H,28,31). The summed E-state index contributed by atoms with van der Waals surface area (Å²) < 4.78 is 0. The number of rotatable bonds is 6. The van der Waals surface area contributed by atoms with E-state index in [0.29, 0.717) is 12.0 Å². The predicted molar refractivity (Wildman–Crippen MR) is 125 cm³/mol. The van der Waals surface area contributed by atoms with Crippen LogP contribution in [0.25, 0.3) is 11.0 Å². The number of fused-ring (bicyclic) bond motifs is 2. The Hall–Kier alpha value is -2.82. The van der Waals surface area contributed by atoms with Crippen molar-refractivity contribution in [2.24, 2.45) is 5.92 Å². The van der Waals surface area contributed by atoms with Gasteiger partial charge in [0.25, 0.3) is 0 Å². The number of amides is 2. The van der Waals surface area contributed by atoms with Crippen molar-refractivity contribution in [3.8, 4) is 0 Å². The van der Waals surface area contributed by atoms with Gasteiger partial charge < -0.3 is 15.2 Å². The zero-order chi connectivity index (χ0) is 21.8. The molecule has 162 valence electrons. The van der Waals surface area contributed by atoms with E-state index < -0.39 is 0 Å². The maximum atomic E-state index is 12.8. The summed E-state index contributed by atoms with van der Waals surface area (Å²) in [6, 6.07) is 13.0. The Morgan fingerprint density at radius 1 is 1.13 bits per heavy atom. The highest BCUT2D eigenvalue weighted by molar-refractivity contribution is 5.94. The Balaban J connectivity index is 1.51. The normalized spacial score (nSPS) is 17.8. The second kappa shape index (κ2) is 7.40. The maximum absolute atomic E-state index is 12.8. The molecule has 5 nitrogen and oxygen atoms in total. The van der Waals surface area contributed by atoms with E-state index in [1.807, 2.05) is 17.0 Å². The number of nitrogens with one attached hydrogen (secondary N) is 2. The van der Waals surface area contributed by atoms with E-state index in [1.165, 1.54) is 23.1 Å². The van der Waals surface area contributed by atoms with Gasteiger partial charge in [-0.05, 0) is 68.7 Å². The molecule has 5 rings (SSSR count). The Morgan fingerprint density at radius 3 is 2.61 bits per heavy atom. The largest absolute Gasteiger partial charge is 0.342 e. The molecular weight excluding hydrogens is 384 g/mol. The predicted octanol–water partition coefficient (Wildman–Crippen LogP) is 5.99. The first-order valence-electron chi connectivity index (χ1n) is 11.5. The van der Waals surface area contributed by atoms with Crippen molar-refractivity contribution in [2.45, 2.75) is 71.4 Å². The molecule has 0 atom stereocenters. The first-order chi connectivity index (χ1) is 14.8. The van der Waals surface area contributed by atoms with Crippen LogP contribution in [0.1, 0.15) is 69.5 Å². The van der Waals surface area contributed by atoms with Crippen molar-refractivity contribution in [1.29, 1.82) is 0 Å². The van der Waals surface area contributed by atoms with Gasteiger partial charge in [-0.25, -0.2) is 9.78 Å². The Bertz CT molecular complexity index is 1140.